The van der Waals surface area contributed by atoms with E-state index in [1.165, 1.54) is 0 Å². The molecule has 11 heteroatoms. The van der Waals surface area contributed by atoms with Crippen molar-refractivity contribution in [3.8, 4) is 11.3 Å². The molecule has 11 nitrogen and oxygen atoms in total. The number of anilines is 2. The Hall–Kier alpha value is -4.64. The molecule has 3 fully saturated rings. The average molecular weight is 610 g/mol. The summed E-state index contributed by atoms with van der Waals surface area (Å²) in [7, 11) is 0. The van der Waals surface area contributed by atoms with E-state index in [4.69, 9.17) is 9.47 Å². The molecule has 7 rings (SSSR count). The van der Waals surface area contributed by atoms with Crippen LogP contribution in [0.1, 0.15) is 31.2 Å². The van der Waals surface area contributed by atoms with Crippen LogP contribution in [0.5, 0.6) is 0 Å². The summed E-state index contributed by atoms with van der Waals surface area (Å²) in [5.41, 5.74) is 4.87. The predicted octanol–water partition coefficient (Wildman–Crippen LogP) is 5.21. The number of morpholine rings is 1. The highest BCUT2D eigenvalue weighted by Crippen LogP contribution is 2.49. The highest BCUT2D eigenvalue weighted by molar-refractivity contribution is 5.93. The zero-order chi connectivity index (χ0) is 30.6. The van der Waals surface area contributed by atoms with Crippen LogP contribution < -0.4 is 15.5 Å². The Morgan fingerprint density at radius 3 is 2.49 bits per heavy atom. The predicted molar refractivity (Wildman–Crippen MR) is 172 cm³/mol. The monoisotopic (exact) mass is 609 g/mol. The molecule has 2 aromatic carbocycles. The Kier molecular flexibility index (Phi) is 8.25. The molecule has 1 saturated carbocycles. The van der Waals surface area contributed by atoms with Gasteiger partial charge in [0.05, 0.1) is 25.2 Å². The lowest BCUT2D eigenvalue weighted by molar-refractivity contribution is 0.0174. The van der Waals surface area contributed by atoms with Crippen molar-refractivity contribution in [2.75, 3.05) is 56.2 Å². The van der Waals surface area contributed by atoms with Crippen molar-refractivity contribution in [3.63, 3.8) is 0 Å². The zero-order valence-electron chi connectivity index (χ0n) is 25.3. The van der Waals surface area contributed by atoms with Crippen LogP contribution in [0.3, 0.4) is 0 Å². The maximum absolute atomic E-state index is 13.1. The van der Waals surface area contributed by atoms with Crippen molar-refractivity contribution in [2.24, 2.45) is 5.41 Å². The summed E-state index contributed by atoms with van der Waals surface area (Å²) in [4.78, 5) is 41.8. The molecule has 0 bridgehead atoms. The van der Waals surface area contributed by atoms with E-state index in [0.29, 0.717) is 39.3 Å². The number of amides is 3. The number of alkyl carbamates (subject to hydrolysis) is 1. The van der Waals surface area contributed by atoms with Gasteiger partial charge in [-0.05, 0) is 60.4 Å². The third-order valence-corrected chi connectivity index (χ3v) is 9.42. The Labute approximate surface area is 262 Å². The van der Waals surface area contributed by atoms with Gasteiger partial charge < -0.3 is 34.9 Å². The first-order chi connectivity index (χ1) is 22.0. The molecule has 1 spiro atoms. The third kappa shape index (κ3) is 6.58. The van der Waals surface area contributed by atoms with Crippen LogP contribution in [-0.2, 0) is 15.9 Å². The van der Waals surface area contributed by atoms with Gasteiger partial charge in [-0.3, -0.25) is 0 Å². The molecular formula is C34H39N7O4. The quantitative estimate of drug-likeness (QED) is 0.263. The number of nitrogens with one attached hydrogen (secondary N) is 3. The second kappa shape index (κ2) is 12.8. The minimum atomic E-state index is -0.343. The number of hydrogen-bond donors (Lipinski definition) is 3. The van der Waals surface area contributed by atoms with Crippen LogP contribution in [0, 0.1) is 5.41 Å². The molecule has 3 N–H and O–H groups in total. The van der Waals surface area contributed by atoms with Gasteiger partial charge in [-0.25, -0.2) is 19.6 Å². The zero-order valence-corrected chi connectivity index (χ0v) is 25.3. The lowest BCUT2D eigenvalue weighted by atomic mass is 9.60. The van der Waals surface area contributed by atoms with Gasteiger partial charge in [0.1, 0.15) is 17.8 Å². The number of aromatic nitrogens is 3. The van der Waals surface area contributed by atoms with E-state index in [1.54, 1.807) is 6.33 Å². The van der Waals surface area contributed by atoms with E-state index in [0.717, 1.165) is 78.1 Å². The van der Waals surface area contributed by atoms with Gasteiger partial charge in [-0.2, -0.15) is 0 Å². The lowest BCUT2D eigenvalue weighted by Gasteiger charge is -2.52. The maximum atomic E-state index is 13.1. The molecule has 3 aliphatic rings. The minimum Gasteiger partial charge on any atom is -0.449 e. The first-order valence-electron chi connectivity index (χ1n) is 15.8. The Morgan fingerprint density at radius 2 is 1.73 bits per heavy atom. The first kappa shape index (κ1) is 29.1. The molecule has 45 heavy (non-hydrogen) atoms. The standard InChI is InChI=1S/C34H39N7O4/c42-32(41-13-11-34(12-14-41)21-27(22-34)38-33(43)45-17-10-24-4-2-1-3-5-24)37-26-8-6-25(7-9-26)29-20-28-30(39-29)35-23-36-31(28)40-15-18-44-19-16-40/h1-9,20,23,27H,10-19,21-22H2,(H,37,42)(H,38,43)(H,35,36,39). The number of benzene rings is 2. The maximum Gasteiger partial charge on any atom is 0.407 e. The van der Waals surface area contributed by atoms with Crippen LogP contribution in [0.4, 0.5) is 21.1 Å². The minimum absolute atomic E-state index is 0.0790. The van der Waals surface area contributed by atoms with Crippen molar-refractivity contribution in [1.29, 1.82) is 0 Å². The van der Waals surface area contributed by atoms with Crippen LogP contribution in [0.25, 0.3) is 22.3 Å². The lowest BCUT2D eigenvalue weighted by Crippen LogP contribution is -2.56. The smallest absolute Gasteiger partial charge is 0.407 e. The number of aromatic amines is 1. The second-order valence-electron chi connectivity index (χ2n) is 12.4. The summed E-state index contributed by atoms with van der Waals surface area (Å²) in [6, 6.07) is 20.0. The van der Waals surface area contributed by atoms with E-state index >= 15 is 0 Å². The summed E-state index contributed by atoms with van der Waals surface area (Å²) >= 11 is 0. The number of nitrogens with zero attached hydrogens (tertiary/aromatic N) is 4. The van der Waals surface area contributed by atoms with Crippen molar-refractivity contribution in [1.82, 2.24) is 25.2 Å². The average Bonchev–Trinajstić information content (AvgIpc) is 3.50. The molecule has 2 aromatic heterocycles. The van der Waals surface area contributed by atoms with E-state index in [1.807, 2.05) is 59.5 Å². The first-order valence-corrected chi connectivity index (χ1v) is 15.8. The van der Waals surface area contributed by atoms with Crippen molar-refractivity contribution in [2.45, 2.75) is 38.1 Å². The topological polar surface area (TPSA) is 125 Å². The number of likely N-dealkylation sites (tertiary alicyclic amines) is 1. The van der Waals surface area contributed by atoms with Crippen LogP contribution >= 0.6 is 0 Å². The van der Waals surface area contributed by atoms with Crippen molar-refractivity contribution < 1.29 is 19.1 Å². The molecule has 234 valence electrons. The molecule has 0 unspecified atom stereocenters. The number of carbonyl (C=O) groups is 2. The van der Waals surface area contributed by atoms with Gasteiger partial charge >= 0.3 is 12.1 Å². The number of rotatable bonds is 7. The number of H-pyrrole nitrogens is 1. The summed E-state index contributed by atoms with van der Waals surface area (Å²) in [5, 5.41) is 7.06. The number of fused-ring (bicyclic) bond motifs is 1. The van der Waals surface area contributed by atoms with Gasteiger partial charge in [0, 0.05) is 50.0 Å². The number of urea groups is 1. The number of ether oxygens (including phenoxy) is 2. The molecule has 2 saturated heterocycles. The Bertz CT molecular complexity index is 1620. The normalized spacial score (nSPS) is 18.0. The van der Waals surface area contributed by atoms with Crippen LogP contribution in [-0.4, -0.2) is 84.0 Å². The molecule has 0 radical (unpaired) electrons. The van der Waals surface area contributed by atoms with Crippen LogP contribution in [0.15, 0.2) is 67.0 Å². The van der Waals surface area contributed by atoms with Gasteiger partial charge in [0.2, 0.25) is 0 Å². The molecule has 4 aromatic rings. The molecule has 0 atom stereocenters. The van der Waals surface area contributed by atoms with E-state index < -0.39 is 0 Å². The number of carbonyl (C=O) groups excluding carboxylic acids is 2. The fraction of sp³-hybridized carbons (Fsp3) is 0.412. The molecular weight excluding hydrogens is 570 g/mol. The molecule has 3 amide bonds. The molecule has 4 heterocycles. The summed E-state index contributed by atoms with van der Waals surface area (Å²) in [6.07, 6.45) is 5.72. The second-order valence-corrected chi connectivity index (χ2v) is 12.4. The van der Waals surface area contributed by atoms with Crippen molar-refractivity contribution in [3.05, 3.63) is 72.6 Å². The third-order valence-electron chi connectivity index (χ3n) is 9.42. The number of piperidine rings is 1. The van der Waals surface area contributed by atoms with Crippen molar-refractivity contribution >= 4 is 34.7 Å². The number of hydrogen-bond acceptors (Lipinski definition) is 7. The Balaban J connectivity index is 0.865. The fourth-order valence-corrected chi connectivity index (χ4v) is 6.84. The summed E-state index contributed by atoms with van der Waals surface area (Å²) in [6.45, 7) is 4.79. The Morgan fingerprint density at radius 1 is 0.978 bits per heavy atom. The van der Waals surface area contributed by atoms with Gasteiger partial charge in [-0.1, -0.05) is 42.5 Å². The fourth-order valence-electron chi connectivity index (χ4n) is 6.84. The van der Waals surface area contributed by atoms with E-state index in [2.05, 4.69) is 36.6 Å². The summed E-state index contributed by atoms with van der Waals surface area (Å²) in [5.74, 6) is 0.920. The molecule has 2 aliphatic heterocycles. The van der Waals surface area contributed by atoms with Gasteiger partial charge in [0.15, 0.2) is 0 Å². The van der Waals surface area contributed by atoms with Gasteiger partial charge in [-0.15, -0.1) is 0 Å². The van der Waals surface area contributed by atoms with E-state index in [9.17, 15) is 9.59 Å². The molecule has 1 aliphatic carbocycles. The van der Waals surface area contributed by atoms with E-state index in [-0.39, 0.29) is 23.6 Å². The van der Waals surface area contributed by atoms with Crippen LogP contribution in [0.2, 0.25) is 0 Å². The largest absolute Gasteiger partial charge is 0.449 e. The SMILES string of the molecule is O=C(NC1CC2(CCN(C(=O)Nc3ccc(-c4cc5c(N6CCOCC6)ncnc5[nH]4)cc3)CC2)C1)OCCc1ccccc1. The highest BCUT2D eigenvalue weighted by atomic mass is 16.5. The highest BCUT2D eigenvalue weighted by Gasteiger charge is 2.47. The summed E-state index contributed by atoms with van der Waals surface area (Å²) < 4.78 is 10.9. The van der Waals surface area contributed by atoms with Gasteiger partial charge in [0.25, 0.3) is 0 Å².